The number of nitrogens with two attached hydrogens (primary N) is 1. The molecular formula is C12H17F2NO. The molecule has 0 saturated heterocycles. The molecule has 0 aliphatic rings. The third-order valence-corrected chi connectivity index (χ3v) is 2.41. The van der Waals surface area contributed by atoms with Gasteiger partial charge in [0.2, 0.25) is 0 Å². The van der Waals surface area contributed by atoms with E-state index in [1.165, 1.54) is 0 Å². The molecule has 1 rings (SSSR count). The molecule has 1 aromatic rings. The van der Waals surface area contributed by atoms with Crippen LogP contribution in [0, 0.1) is 11.6 Å². The van der Waals surface area contributed by atoms with Crippen LogP contribution in [-0.2, 0) is 6.42 Å². The van der Waals surface area contributed by atoms with E-state index in [-0.39, 0.29) is 6.04 Å². The van der Waals surface area contributed by atoms with Gasteiger partial charge >= 0.3 is 0 Å². The third kappa shape index (κ3) is 3.17. The van der Waals surface area contributed by atoms with Crippen LogP contribution < -0.4 is 10.5 Å². The first-order valence-corrected chi connectivity index (χ1v) is 5.44. The summed E-state index contributed by atoms with van der Waals surface area (Å²) in [4.78, 5) is 0. The highest BCUT2D eigenvalue weighted by molar-refractivity contribution is 5.35. The molecule has 2 nitrogen and oxygen atoms in total. The maximum Gasteiger partial charge on any atom is 0.162 e. The van der Waals surface area contributed by atoms with Gasteiger partial charge in [0.25, 0.3) is 0 Å². The van der Waals surface area contributed by atoms with Crippen molar-refractivity contribution in [3.8, 4) is 5.75 Å². The molecule has 1 atom stereocenters. The average molecular weight is 229 g/mol. The fraction of sp³-hybridized carbons (Fsp3) is 0.500. The fourth-order valence-corrected chi connectivity index (χ4v) is 1.45. The van der Waals surface area contributed by atoms with E-state index in [2.05, 4.69) is 0 Å². The highest BCUT2D eigenvalue weighted by Crippen LogP contribution is 2.24. The quantitative estimate of drug-likeness (QED) is 0.842. The Labute approximate surface area is 94.4 Å². The van der Waals surface area contributed by atoms with E-state index in [1.807, 2.05) is 6.92 Å². The second kappa shape index (κ2) is 5.80. The second-order valence-electron chi connectivity index (χ2n) is 3.68. The lowest BCUT2D eigenvalue weighted by Crippen LogP contribution is -2.22. The summed E-state index contributed by atoms with van der Waals surface area (Å²) >= 11 is 0. The number of hydrogen-bond donors (Lipinski definition) is 1. The minimum absolute atomic E-state index is 0.0657. The topological polar surface area (TPSA) is 35.2 Å². The summed E-state index contributed by atoms with van der Waals surface area (Å²) in [7, 11) is 0. The van der Waals surface area contributed by atoms with Gasteiger partial charge in [0, 0.05) is 12.1 Å². The average Bonchev–Trinajstić information content (AvgIpc) is 2.25. The summed E-state index contributed by atoms with van der Waals surface area (Å²) in [6.45, 7) is 4.16. The standard InChI is InChI=1S/C12H17F2NO/c1-3-9(15)5-8-6-10(13)11(14)7-12(8)16-4-2/h6-7,9H,3-5,15H2,1-2H3. The Morgan fingerprint density at radius 1 is 1.25 bits per heavy atom. The maximum absolute atomic E-state index is 13.1. The van der Waals surface area contributed by atoms with Crippen molar-refractivity contribution >= 4 is 0 Å². The second-order valence-corrected chi connectivity index (χ2v) is 3.68. The van der Waals surface area contributed by atoms with Crippen molar-refractivity contribution in [3.05, 3.63) is 29.3 Å². The van der Waals surface area contributed by atoms with Gasteiger partial charge in [-0.25, -0.2) is 8.78 Å². The van der Waals surface area contributed by atoms with Crippen molar-refractivity contribution in [2.24, 2.45) is 5.73 Å². The molecule has 2 N–H and O–H groups in total. The summed E-state index contributed by atoms with van der Waals surface area (Å²) in [6, 6.07) is 2.18. The van der Waals surface area contributed by atoms with Gasteiger partial charge < -0.3 is 10.5 Å². The normalized spacial score (nSPS) is 12.6. The van der Waals surface area contributed by atoms with Gasteiger partial charge in [-0.1, -0.05) is 6.92 Å². The van der Waals surface area contributed by atoms with Crippen LogP contribution in [0.4, 0.5) is 8.78 Å². The maximum atomic E-state index is 13.1. The van der Waals surface area contributed by atoms with Crippen LogP contribution in [0.15, 0.2) is 12.1 Å². The highest BCUT2D eigenvalue weighted by atomic mass is 19.2. The van der Waals surface area contributed by atoms with Crippen LogP contribution >= 0.6 is 0 Å². The molecule has 0 aromatic heterocycles. The summed E-state index contributed by atoms with van der Waals surface area (Å²) in [5.41, 5.74) is 6.41. The Morgan fingerprint density at radius 3 is 2.44 bits per heavy atom. The lowest BCUT2D eigenvalue weighted by molar-refractivity contribution is 0.331. The fourth-order valence-electron chi connectivity index (χ4n) is 1.45. The molecule has 0 spiro atoms. The Bertz CT molecular complexity index is 355. The molecule has 1 unspecified atom stereocenters. The van der Waals surface area contributed by atoms with Crippen molar-refractivity contribution in [1.82, 2.24) is 0 Å². The van der Waals surface area contributed by atoms with Crippen LogP contribution in [0.1, 0.15) is 25.8 Å². The van der Waals surface area contributed by atoms with Crippen molar-refractivity contribution in [1.29, 1.82) is 0 Å². The minimum Gasteiger partial charge on any atom is -0.493 e. The number of halogens is 2. The zero-order valence-corrected chi connectivity index (χ0v) is 9.59. The molecule has 0 bridgehead atoms. The Morgan fingerprint density at radius 2 is 1.88 bits per heavy atom. The summed E-state index contributed by atoms with van der Waals surface area (Å²) in [5.74, 6) is -1.37. The monoisotopic (exact) mass is 229 g/mol. The Balaban J connectivity index is 2.99. The molecule has 0 aliphatic carbocycles. The van der Waals surface area contributed by atoms with E-state index in [9.17, 15) is 8.78 Å². The predicted octanol–water partition coefficient (Wildman–Crippen LogP) is 2.64. The molecule has 0 fully saturated rings. The van der Waals surface area contributed by atoms with E-state index in [0.717, 1.165) is 18.6 Å². The summed E-state index contributed by atoms with van der Waals surface area (Å²) < 4.78 is 31.4. The lowest BCUT2D eigenvalue weighted by Gasteiger charge is -2.14. The molecule has 0 radical (unpaired) electrons. The largest absolute Gasteiger partial charge is 0.493 e. The van der Waals surface area contributed by atoms with Crippen molar-refractivity contribution in [3.63, 3.8) is 0 Å². The van der Waals surface area contributed by atoms with E-state index in [4.69, 9.17) is 10.5 Å². The first-order chi connectivity index (χ1) is 7.58. The summed E-state index contributed by atoms with van der Waals surface area (Å²) in [5, 5.41) is 0. The van der Waals surface area contributed by atoms with Crippen LogP contribution in [0.3, 0.4) is 0 Å². The molecule has 90 valence electrons. The van der Waals surface area contributed by atoms with Gasteiger partial charge in [-0.2, -0.15) is 0 Å². The van der Waals surface area contributed by atoms with Crippen LogP contribution in [-0.4, -0.2) is 12.6 Å². The number of rotatable bonds is 5. The van der Waals surface area contributed by atoms with Gasteiger partial charge in [-0.3, -0.25) is 0 Å². The van der Waals surface area contributed by atoms with Gasteiger partial charge in [-0.15, -0.1) is 0 Å². The Kier molecular flexibility index (Phi) is 4.68. The molecule has 0 aliphatic heterocycles. The lowest BCUT2D eigenvalue weighted by atomic mass is 10.0. The van der Waals surface area contributed by atoms with Gasteiger partial charge in [0.15, 0.2) is 11.6 Å². The number of ether oxygens (including phenoxy) is 1. The summed E-state index contributed by atoms with van der Waals surface area (Å²) in [6.07, 6.45) is 1.27. The molecule has 0 heterocycles. The van der Waals surface area contributed by atoms with Crippen LogP contribution in [0.5, 0.6) is 5.75 Å². The molecule has 16 heavy (non-hydrogen) atoms. The minimum atomic E-state index is -0.891. The van der Waals surface area contributed by atoms with Crippen molar-refractivity contribution in [2.45, 2.75) is 32.7 Å². The number of benzene rings is 1. The molecule has 0 amide bonds. The van der Waals surface area contributed by atoms with E-state index in [1.54, 1.807) is 6.92 Å². The van der Waals surface area contributed by atoms with Crippen LogP contribution in [0.25, 0.3) is 0 Å². The van der Waals surface area contributed by atoms with E-state index >= 15 is 0 Å². The number of hydrogen-bond acceptors (Lipinski definition) is 2. The van der Waals surface area contributed by atoms with E-state index in [0.29, 0.717) is 24.3 Å². The zero-order valence-electron chi connectivity index (χ0n) is 9.59. The molecule has 0 saturated carbocycles. The van der Waals surface area contributed by atoms with Crippen molar-refractivity contribution < 1.29 is 13.5 Å². The zero-order chi connectivity index (χ0) is 12.1. The molecule has 1 aromatic carbocycles. The molecule has 4 heteroatoms. The van der Waals surface area contributed by atoms with Crippen LogP contribution in [0.2, 0.25) is 0 Å². The SMILES string of the molecule is CCOc1cc(F)c(F)cc1CC(N)CC. The smallest absolute Gasteiger partial charge is 0.162 e. The first-order valence-electron chi connectivity index (χ1n) is 5.44. The first kappa shape index (κ1) is 12.9. The van der Waals surface area contributed by atoms with Gasteiger partial charge in [-0.05, 0) is 31.4 Å². The Hall–Kier alpha value is -1.16. The van der Waals surface area contributed by atoms with Gasteiger partial charge in [0.05, 0.1) is 6.61 Å². The van der Waals surface area contributed by atoms with Crippen molar-refractivity contribution in [2.75, 3.05) is 6.61 Å². The predicted molar refractivity (Wildman–Crippen MR) is 59.5 cm³/mol. The molecular weight excluding hydrogens is 212 g/mol. The van der Waals surface area contributed by atoms with E-state index < -0.39 is 11.6 Å². The highest BCUT2D eigenvalue weighted by Gasteiger charge is 2.12. The van der Waals surface area contributed by atoms with Gasteiger partial charge in [0.1, 0.15) is 5.75 Å². The third-order valence-electron chi connectivity index (χ3n) is 2.41.